The lowest BCUT2D eigenvalue weighted by Gasteiger charge is -2.23. The summed E-state index contributed by atoms with van der Waals surface area (Å²) in [6, 6.07) is 13.4. The van der Waals surface area contributed by atoms with E-state index in [4.69, 9.17) is 15.3 Å². The maximum absolute atomic E-state index is 13.2. The van der Waals surface area contributed by atoms with E-state index in [1.807, 2.05) is 11.5 Å². The zero-order chi connectivity index (χ0) is 19.2. The largest absolute Gasteiger partial charge is 0.497 e. The van der Waals surface area contributed by atoms with Crippen LogP contribution >= 0.6 is 0 Å². The van der Waals surface area contributed by atoms with Crippen molar-refractivity contribution in [3.63, 3.8) is 0 Å². The molecule has 0 atom stereocenters. The molecule has 0 aliphatic carbocycles. The fraction of sp³-hybridized carbons (Fsp3) is 0.235. The molecular weight excluding hydrogens is 358 g/mol. The Morgan fingerprint density at radius 1 is 1.12 bits per heavy atom. The van der Waals surface area contributed by atoms with Gasteiger partial charge in [0.25, 0.3) is 0 Å². The molecule has 0 unspecified atom stereocenters. The monoisotopic (exact) mass is 379 g/mol. The van der Waals surface area contributed by atoms with Crippen LogP contribution in [0.25, 0.3) is 0 Å². The van der Waals surface area contributed by atoms with E-state index < -0.39 is 22.5 Å². The minimum absolute atomic E-state index is 0.00302. The van der Waals surface area contributed by atoms with Crippen LogP contribution < -0.4 is 20.7 Å². The van der Waals surface area contributed by atoms with Crippen LogP contribution in [0.2, 0.25) is 0 Å². The van der Waals surface area contributed by atoms with Gasteiger partial charge < -0.3 is 9.47 Å². The molecule has 2 aromatic rings. The Kier molecular flexibility index (Phi) is 6.56. The topological polar surface area (TPSA) is 111 Å². The summed E-state index contributed by atoms with van der Waals surface area (Å²) in [5, 5.41) is 0. The van der Waals surface area contributed by atoms with E-state index in [-0.39, 0.29) is 17.2 Å². The van der Waals surface area contributed by atoms with Gasteiger partial charge in [-0.15, -0.1) is 0 Å². The molecule has 3 N–H and O–H groups in total. The zero-order valence-corrected chi connectivity index (χ0v) is 15.3. The maximum Gasteiger partial charge on any atom is 0.249 e. The van der Waals surface area contributed by atoms with Crippen molar-refractivity contribution in [2.24, 2.45) is 5.84 Å². The maximum atomic E-state index is 13.2. The van der Waals surface area contributed by atoms with Crippen LogP contribution in [0.1, 0.15) is 5.56 Å². The van der Waals surface area contributed by atoms with Gasteiger partial charge in [-0.2, -0.15) is 4.31 Å². The van der Waals surface area contributed by atoms with Gasteiger partial charge in [-0.3, -0.25) is 10.2 Å². The van der Waals surface area contributed by atoms with Crippen molar-refractivity contribution in [2.75, 3.05) is 20.8 Å². The molecule has 0 radical (unpaired) electrons. The Hall–Kier alpha value is -2.62. The number of ether oxygens (including phenoxy) is 2. The fourth-order valence-corrected chi connectivity index (χ4v) is 3.90. The molecule has 0 saturated carbocycles. The predicted molar refractivity (Wildman–Crippen MR) is 95.9 cm³/mol. The number of hydrazine groups is 1. The van der Waals surface area contributed by atoms with Crippen molar-refractivity contribution >= 4 is 15.9 Å². The van der Waals surface area contributed by atoms with Gasteiger partial charge in [0.05, 0.1) is 20.8 Å². The lowest BCUT2D eigenvalue weighted by atomic mass is 10.2. The van der Waals surface area contributed by atoms with Crippen LogP contribution in [-0.2, 0) is 21.4 Å². The van der Waals surface area contributed by atoms with Crippen LogP contribution in [0.3, 0.4) is 0 Å². The average molecular weight is 379 g/mol. The van der Waals surface area contributed by atoms with Crippen molar-refractivity contribution in [2.45, 2.75) is 11.4 Å². The molecule has 2 aromatic carbocycles. The number of carbonyl (C=O) groups is 1. The number of nitrogens with zero attached hydrogens (tertiary/aromatic N) is 1. The Bertz CT molecular complexity index is 856. The molecule has 1 amide bonds. The first-order valence-corrected chi connectivity index (χ1v) is 9.12. The second kappa shape index (κ2) is 8.65. The van der Waals surface area contributed by atoms with Gasteiger partial charge in [0.15, 0.2) is 0 Å². The first-order valence-electron chi connectivity index (χ1n) is 7.68. The molecule has 0 aliphatic rings. The zero-order valence-electron chi connectivity index (χ0n) is 14.5. The van der Waals surface area contributed by atoms with Crippen LogP contribution in [0.4, 0.5) is 0 Å². The van der Waals surface area contributed by atoms with Crippen molar-refractivity contribution in [1.29, 1.82) is 0 Å². The second-order valence-corrected chi connectivity index (χ2v) is 7.25. The number of rotatable bonds is 8. The highest BCUT2D eigenvalue weighted by molar-refractivity contribution is 7.89. The molecule has 0 fully saturated rings. The second-order valence-electron chi connectivity index (χ2n) is 5.34. The summed E-state index contributed by atoms with van der Waals surface area (Å²) < 4.78 is 37.7. The van der Waals surface area contributed by atoms with Crippen LogP contribution in [0, 0.1) is 0 Å². The van der Waals surface area contributed by atoms with E-state index in [2.05, 4.69) is 0 Å². The van der Waals surface area contributed by atoms with Crippen molar-refractivity contribution < 1.29 is 22.7 Å². The summed E-state index contributed by atoms with van der Waals surface area (Å²) in [4.78, 5) is 11.7. The van der Waals surface area contributed by atoms with Crippen molar-refractivity contribution in [3.8, 4) is 11.5 Å². The summed E-state index contributed by atoms with van der Waals surface area (Å²) in [5.74, 6) is 5.00. The summed E-state index contributed by atoms with van der Waals surface area (Å²) in [6.45, 7) is -0.439. The molecule has 8 nitrogen and oxygen atoms in total. The van der Waals surface area contributed by atoms with Gasteiger partial charge in [-0.05, 0) is 17.7 Å². The Balaban J connectivity index is 2.49. The summed E-state index contributed by atoms with van der Waals surface area (Å²) >= 11 is 0. The molecule has 9 heteroatoms. The lowest BCUT2D eigenvalue weighted by molar-refractivity contribution is -0.121. The normalized spacial score (nSPS) is 11.2. The Labute approximate surface area is 152 Å². The molecule has 0 bridgehead atoms. The Morgan fingerprint density at radius 3 is 2.38 bits per heavy atom. The number of sulfonamides is 1. The van der Waals surface area contributed by atoms with Crippen molar-refractivity contribution in [1.82, 2.24) is 9.73 Å². The number of benzene rings is 2. The van der Waals surface area contributed by atoms with Gasteiger partial charge in [-0.1, -0.05) is 30.3 Å². The number of hydrogen-bond donors (Lipinski definition) is 2. The molecule has 0 heterocycles. The molecule has 2 rings (SSSR count). The summed E-state index contributed by atoms with van der Waals surface area (Å²) in [7, 11) is -1.27. The molecule has 0 saturated heterocycles. The van der Waals surface area contributed by atoms with E-state index in [9.17, 15) is 13.2 Å². The van der Waals surface area contributed by atoms with Crippen LogP contribution in [0.15, 0.2) is 53.4 Å². The van der Waals surface area contributed by atoms with E-state index >= 15 is 0 Å². The van der Waals surface area contributed by atoms with E-state index in [1.54, 1.807) is 30.3 Å². The predicted octanol–water partition coefficient (Wildman–Crippen LogP) is 0.885. The van der Waals surface area contributed by atoms with Crippen LogP contribution in [0.5, 0.6) is 11.5 Å². The highest BCUT2D eigenvalue weighted by Gasteiger charge is 2.30. The number of carbonyl (C=O) groups excluding carboxylic acids is 1. The minimum Gasteiger partial charge on any atom is -0.497 e. The minimum atomic E-state index is -4.07. The van der Waals surface area contributed by atoms with Gasteiger partial charge >= 0.3 is 0 Å². The van der Waals surface area contributed by atoms with Gasteiger partial charge in [-0.25, -0.2) is 14.3 Å². The summed E-state index contributed by atoms with van der Waals surface area (Å²) in [5.41, 5.74) is 2.68. The van der Waals surface area contributed by atoms with Gasteiger partial charge in [0, 0.05) is 12.6 Å². The van der Waals surface area contributed by atoms with Crippen LogP contribution in [-0.4, -0.2) is 39.4 Å². The number of nitrogens with two attached hydrogens (primary N) is 1. The Morgan fingerprint density at radius 2 is 1.81 bits per heavy atom. The highest BCUT2D eigenvalue weighted by atomic mass is 32.2. The van der Waals surface area contributed by atoms with Gasteiger partial charge in [0.2, 0.25) is 15.9 Å². The molecular formula is C17H21N3O5S. The molecule has 26 heavy (non-hydrogen) atoms. The third-order valence-electron chi connectivity index (χ3n) is 3.67. The van der Waals surface area contributed by atoms with Crippen molar-refractivity contribution in [3.05, 3.63) is 54.1 Å². The SMILES string of the molecule is COc1ccc(OC)c(S(=O)(=O)N(CC(=O)NN)Cc2ccccc2)c1. The fourth-order valence-electron chi connectivity index (χ4n) is 2.34. The quantitative estimate of drug-likeness (QED) is 0.400. The smallest absolute Gasteiger partial charge is 0.249 e. The number of nitrogens with one attached hydrogen (secondary N) is 1. The van der Waals surface area contributed by atoms with Gasteiger partial charge in [0.1, 0.15) is 16.4 Å². The molecule has 0 aromatic heterocycles. The number of amides is 1. The number of hydrogen-bond acceptors (Lipinski definition) is 6. The summed E-state index contributed by atoms with van der Waals surface area (Å²) in [6.07, 6.45) is 0. The number of methoxy groups -OCH3 is 2. The highest BCUT2D eigenvalue weighted by Crippen LogP contribution is 2.31. The first-order chi connectivity index (χ1) is 12.4. The molecule has 0 spiro atoms. The average Bonchev–Trinajstić information content (AvgIpc) is 2.67. The lowest BCUT2D eigenvalue weighted by Crippen LogP contribution is -2.42. The van der Waals surface area contributed by atoms with E-state index in [1.165, 1.54) is 26.4 Å². The third kappa shape index (κ3) is 4.51. The first kappa shape index (κ1) is 19.7. The van der Waals surface area contributed by atoms with E-state index in [0.717, 1.165) is 9.87 Å². The molecule has 140 valence electrons. The third-order valence-corrected chi connectivity index (χ3v) is 5.48. The standard InChI is InChI=1S/C17H21N3O5S/c1-24-14-8-9-15(25-2)16(10-14)26(22,23)20(12-17(21)19-18)11-13-6-4-3-5-7-13/h3-10H,11-12,18H2,1-2H3,(H,19,21). The van der Waals surface area contributed by atoms with E-state index in [0.29, 0.717) is 5.75 Å². The molecule has 0 aliphatic heterocycles.